The Balaban J connectivity index is 2.07. The summed E-state index contributed by atoms with van der Waals surface area (Å²) in [6.45, 7) is 0.000183. The summed E-state index contributed by atoms with van der Waals surface area (Å²) in [5, 5.41) is 5.41. The van der Waals surface area contributed by atoms with E-state index in [0.717, 1.165) is 0 Å². The third kappa shape index (κ3) is 3.92. The van der Waals surface area contributed by atoms with Gasteiger partial charge in [-0.25, -0.2) is 13.6 Å². The van der Waals surface area contributed by atoms with Crippen molar-refractivity contribution in [1.29, 1.82) is 0 Å². The molecule has 110 valence electrons. The van der Waals surface area contributed by atoms with Gasteiger partial charge in [-0.05, 0) is 30.3 Å². The van der Waals surface area contributed by atoms with Crippen molar-refractivity contribution in [2.24, 2.45) is 0 Å². The molecule has 21 heavy (non-hydrogen) atoms. The molecule has 2 aromatic rings. The van der Waals surface area contributed by atoms with E-state index in [2.05, 4.69) is 15.4 Å². The maximum absolute atomic E-state index is 13.5. The highest BCUT2D eigenvalue weighted by molar-refractivity contribution is 5.85. The molecule has 0 radical (unpaired) electrons. The van der Waals surface area contributed by atoms with E-state index < -0.39 is 17.7 Å². The van der Waals surface area contributed by atoms with Crippen LogP contribution in [-0.4, -0.2) is 13.2 Å². The first-order valence-electron chi connectivity index (χ1n) is 6.22. The Kier molecular flexibility index (Phi) is 4.71. The van der Waals surface area contributed by atoms with E-state index in [-0.39, 0.29) is 12.1 Å². The minimum Gasteiger partial charge on any atom is -0.453 e. The Labute approximate surface area is 120 Å². The molecule has 0 unspecified atom stereocenters. The van der Waals surface area contributed by atoms with Crippen LogP contribution in [0.25, 0.3) is 0 Å². The van der Waals surface area contributed by atoms with E-state index >= 15 is 0 Å². The standard InChI is InChI=1S/C15H14F2N2O2/c1-21-15(20)19-11-5-2-4-10(8-11)18-9-12-13(16)6-3-7-14(12)17/h2-8,18H,9H2,1H3,(H,19,20). The number of ether oxygens (including phenoxy) is 1. The maximum atomic E-state index is 13.5. The Bertz CT molecular complexity index is 627. The second kappa shape index (κ2) is 6.69. The quantitative estimate of drug-likeness (QED) is 0.902. The van der Waals surface area contributed by atoms with Gasteiger partial charge in [0.1, 0.15) is 11.6 Å². The summed E-state index contributed by atoms with van der Waals surface area (Å²) >= 11 is 0. The molecular weight excluding hydrogens is 278 g/mol. The average Bonchev–Trinajstić information content (AvgIpc) is 2.47. The van der Waals surface area contributed by atoms with Crippen LogP contribution < -0.4 is 10.6 Å². The lowest BCUT2D eigenvalue weighted by molar-refractivity contribution is 0.187. The summed E-state index contributed by atoms with van der Waals surface area (Å²) in [4.78, 5) is 11.1. The Morgan fingerprint density at radius 1 is 1.10 bits per heavy atom. The van der Waals surface area contributed by atoms with Gasteiger partial charge in [-0.1, -0.05) is 12.1 Å². The summed E-state index contributed by atoms with van der Waals surface area (Å²) in [5.41, 5.74) is 1.09. The largest absolute Gasteiger partial charge is 0.453 e. The van der Waals surface area contributed by atoms with Gasteiger partial charge in [-0.2, -0.15) is 0 Å². The molecule has 0 fully saturated rings. The second-order valence-corrected chi connectivity index (χ2v) is 4.25. The highest BCUT2D eigenvalue weighted by Gasteiger charge is 2.08. The second-order valence-electron chi connectivity index (χ2n) is 4.25. The molecule has 0 heterocycles. The summed E-state index contributed by atoms with van der Waals surface area (Å²) in [7, 11) is 1.26. The van der Waals surface area contributed by atoms with Gasteiger partial charge in [-0.15, -0.1) is 0 Å². The molecule has 0 aliphatic heterocycles. The molecule has 2 aromatic carbocycles. The number of benzene rings is 2. The van der Waals surface area contributed by atoms with E-state index in [1.165, 1.54) is 25.3 Å². The van der Waals surface area contributed by atoms with Gasteiger partial charge >= 0.3 is 6.09 Å². The number of anilines is 2. The van der Waals surface area contributed by atoms with Crippen molar-refractivity contribution < 1.29 is 18.3 Å². The summed E-state index contributed by atoms with van der Waals surface area (Å²) in [5.74, 6) is -1.21. The van der Waals surface area contributed by atoms with E-state index in [1.54, 1.807) is 24.3 Å². The van der Waals surface area contributed by atoms with Crippen molar-refractivity contribution in [1.82, 2.24) is 0 Å². The zero-order valence-electron chi connectivity index (χ0n) is 11.3. The van der Waals surface area contributed by atoms with Crippen LogP contribution in [0.15, 0.2) is 42.5 Å². The molecule has 4 nitrogen and oxygen atoms in total. The smallest absolute Gasteiger partial charge is 0.411 e. The molecule has 1 amide bonds. The number of carbonyl (C=O) groups is 1. The van der Waals surface area contributed by atoms with Crippen LogP contribution >= 0.6 is 0 Å². The van der Waals surface area contributed by atoms with Gasteiger partial charge in [0, 0.05) is 23.5 Å². The number of nitrogens with one attached hydrogen (secondary N) is 2. The maximum Gasteiger partial charge on any atom is 0.411 e. The van der Waals surface area contributed by atoms with Gasteiger partial charge in [0.2, 0.25) is 0 Å². The average molecular weight is 292 g/mol. The van der Waals surface area contributed by atoms with Gasteiger partial charge in [0.25, 0.3) is 0 Å². The molecule has 6 heteroatoms. The lowest BCUT2D eigenvalue weighted by Gasteiger charge is -2.10. The van der Waals surface area contributed by atoms with Crippen molar-refractivity contribution in [3.05, 3.63) is 59.7 Å². The third-order valence-electron chi connectivity index (χ3n) is 2.83. The van der Waals surface area contributed by atoms with E-state index in [0.29, 0.717) is 11.4 Å². The van der Waals surface area contributed by atoms with Gasteiger partial charge < -0.3 is 10.1 Å². The molecule has 0 aromatic heterocycles. The van der Waals surface area contributed by atoms with Gasteiger partial charge in [0.05, 0.1) is 7.11 Å². The summed E-state index contributed by atoms with van der Waals surface area (Å²) in [6.07, 6.45) is -0.590. The predicted molar refractivity (Wildman–Crippen MR) is 76.2 cm³/mol. The third-order valence-corrected chi connectivity index (χ3v) is 2.83. The number of amides is 1. The zero-order chi connectivity index (χ0) is 15.2. The number of carbonyl (C=O) groups excluding carboxylic acids is 1. The van der Waals surface area contributed by atoms with Crippen molar-refractivity contribution in [2.45, 2.75) is 6.54 Å². The minimum absolute atomic E-state index is 0.000183. The molecule has 2 rings (SSSR count). The van der Waals surface area contributed by atoms with E-state index in [1.807, 2.05) is 0 Å². The fourth-order valence-electron chi connectivity index (χ4n) is 1.77. The minimum atomic E-state index is -0.605. The van der Waals surface area contributed by atoms with Crippen LogP contribution in [0.4, 0.5) is 25.0 Å². The Hall–Kier alpha value is -2.63. The number of rotatable bonds is 4. The molecule has 0 spiro atoms. The highest BCUT2D eigenvalue weighted by Crippen LogP contribution is 2.18. The summed E-state index contributed by atoms with van der Waals surface area (Å²) in [6, 6.07) is 10.5. The molecular formula is C15H14F2N2O2. The number of hydrogen-bond acceptors (Lipinski definition) is 3. The lowest BCUT2D eigenvalue weighted by Crippen LogP contribution is -2.11. The Morgan fingerprint density at radius 2 is 1.71 bits per heavy atom. The monoisotopic (exact) mass is 292 g/mol. The molecule has 0 bridgehead atoms. The molecule has 0 aliphatic carbocycles. The zero-order valence-corrected chi connectivity index (χ0v) is 11.3. The highest BCUT2D eigenvalue weighted by atomic mass is 19.1. The molecule has 0 aliphatic rings. The molecule has 0 saturated heterocycles. The molecule has 0 atom stereocenters. The van der Waals surface area contributed by atoms with Crippen LogP contribution in [0.5, 0.6) is 0 Å². The van der Waals surface area contributed by atoms with E-state index in [9.17, 15) is 13.6 Å². The van der Waals surface area contributed by atoms with Crippen LogP contribution in [-0.2, 0) is 11.3 Å². The molecule has 2 N–H and O–H groups in total. The first-order chi connectivity index (χ1) is 10.1. The van der Waals surface area contributed by atoms with Gasteiger partial charge in [-0.3, -0.25) is 5.32 Å². The number of halogens is 2. The fraction of sp³-hybridized carbons (Fsp3) is 0.133. The first-order valence-corrected chi connectivity index (χ1v) is 6.22. The number of methoxy groups -OCH3 is 1. The topological polar surface area (TPSA) is 50.4 Å². The van der Waals surface area contributed by atoms with Crippen molar-refractivity contribution in [3.63, 3.8) is 0 Å². The number of hydrogen-bond donors (Lipinski definition) is 2. The Morgan fingerprint density at radius 3 is 2.38 bits per heavy atom. The summed E-state index contributed by atoms with van der Waals surface area (Å²) < 4.78 is 31.5. The van der Waals surface area contributed by atoms with Crippen LogP contribution in [0, 0.1) is 11.6 Å². The SMILES string of the molecule is COC(=O)Nc1cccc(NCc2c(F)cccc2F)c1. The molecule has 0 saturated carbocycles. The van der Waals surface area contributed by atoms with E-state index in [4.69, 9.17) is 0 Å². The first kappa shape index (κ1) is 14.8. The van der Waals surface area contributed by atoms with Crippen LogP contribution in [0.1, 0.15) is 5.56 Å². The van der Waals surface area contributed by atoms with Crippen molar-refractivity contribution >= 4 is 17.5 Å². The fourth-order valence-corrected chi connectivity index (χ4v) is 1.77. The predicted octanol–water partition coefficient (Wildman–Crippen LogP) is 3.76. The van der Waals surface area contributed by atoms with Crippen molar-refractivity contribution in [3.8, 4) is 0 Å². The lowest BCUT2D eigenvalue weighted by atomic mass is 10.2. The normalized spacial score (nSPS) is 10.0. The van der Waals surface area contributed by atoms with Crippen molar-refractivity contribution in [2.75, 3.05) is 17.7 Å². The van der Waals surface area contributed by atoms with Crippen LogP contribution in [0.3, 0.4) is 0 Å². The van der Waals surface area contributed by atoms with Gasteiger partial charge in [0.15, 0.2) is 0 Å². The van der Waals surface area contributed by atoms with Crippen LogP contribution in [0.2, 0.25) is 0 Å².